The molecule has 0 fully saturated rings. The van der Waals surface area contributed by atoms with Gasteiger partial charge in [0, 0.05) is 11.1 Å². The highest BCUT2D eigenvalue weighted by atomic mass is 32.1. The maximum atomic E-state index is 12.8. The largest absolute Gasteiger partial charge is 0.346 e. The van der Waals surface area contributed by atoms with Crippen molar-refractivity contribution < 1.29 is 4.79 Å². The van der Waals surface area contributed by atoms with E-state index in [0.717, 1.165) is 15.9 Å². The van der Waals surface area contributed by atoms with Crippen LogP contribution in [0.5, 0.6) is 0 Å². The number of nitrogens with zero attached hydrogens (tertiary/aromatic N) is 4. The Balaban J connectivity index is 1.63. The fraction of sp³-hybridized carbons (Fsp3) is 0.263. The second-order valence-electron chi connectivity index (χ2n) is 6.53. The minimum absolute atomic E-state index is 0.134. The van der Waals surface area contributed by atoms with Crippen LogP contribution in [-0.2, 0) is 11.3 Å². The minimum atomic E-state index is -0.282. The average Bonchev–Trinajstić information content (AvgIpc) is 3.16. The van der Waals surface area contributed by atoms with Crippen molar-refractivity contribution in [2.75, 3.05) is 0 Å². The Labute approximate surface area is 159 Å². The number of pyridine rings is 1. The van der Waals surface area contributed by atoms with Gasteiger partial charge in [0.25, 0.3) is 5.56 Å². The number of fused-ring (bicyclic) bond motifs is 3. The van der Waals surface area contributed by atoms with E-state index in [1.165, 1.54) is 9.56 Å². The van der Waals surface area contributed by atoms with E-state index < -0.39 is 0 Å². The molecule has 1 amide bonds. The number of aryl methyl sites for hydroxylation is 2. The van der Waals surface area contributed by atoms with Gasteiger partial charge in [0.15, 0.2) is 0 Å². The smallest absolute Gasteiger partial charge is 0.291 e. The van der Waals surface area contributed by atoms with Gasteiger partial charge in [-0.2, -0.15) is 5.10 Å². The number of hydrogen-bond acceptors (Lipinski definition) is 5. The zero-order valence-electron chi connectivity index (χ0n) is 15.3. The maximum absolute atomic E-state index is 12.8. The monoisotopic (exact) mass is 381 g/mol. The highest BCUT2D eigenvalue weighted by Gasteiger charge is 2.17. The van der Waals surface area contributed by atoms with Crippen LogP contribution >= 0.6 is 11.3 Å². The normalized spacial score (nSPS) is 12.6. The Bertz CT molecular complexity index is 1210. The summed E-state index contributed by atoms with van der Waals surface area (Å²) >= 11 is 1.64. The Hall–Kier alpha value is -3.00. The van der Waals surface area contributed by atoms with E-state index in [4.69, 9.17) is 0 Å². The second-order valence-corrected chi connectivity index (χ2v) is 7.81. The quantitative estimate of drug-likeness (QED) is 0.589. The van der Waals surface area contributed by atoms with Crippen molar-refractivity contribution in [2.45, 2.75) is 33.4 Å². The van der Waals surface area contributed by atoms with E-state index in [1.54, 1.807) is 17.5 Å². The van der Waals surface area contributed by atoms with Gasteiger partial charge in [-0.3, -0.25) is 19.0 Å². The van der Waals surface area contributed by atoms with Gasteiger partial charge in [-0.25, -0.2) is 4.68 Å². The molecule has 27 heavy (non-hydrogen) atoms. The fourth-order valence-corrected chi connectivity index (χ4v) is 4.20. The van der Waals surface area contributed by atoms with Crippen LogP contribution in [0.2, 0.25) is 0 Å². The standard InChI is InChI=1S/C19H19N5O2S/c1-11-8-15-17(27-11)9-16-19(26)23(22-13(3)24(15)16)10-18(25)21-12(2)14-6-4-5-7-20-14/h4-9,12H,10H2,1-3H3,(H,21,25)/t12-/m0/s1. The Morgan fingerprint density at radius 1 is 1.26 bits per heavy atom. The van der Waals surface area contributed by atoms with Crippen molar-refractivity contribution >= 4 is 33.0 Å². The molecular formula is C19H19N5O2S. The topological polar surface area (TPSA) is 81.3 Å². The lowest BCUT2D eigenvalue weighted by atomic mass is 10.2. The van der Waals surface area contributed by atoms with Crippen molar-refractivity contribution in [2.24, 2.45) is 0 Å². The molecule has 0 aromatic carbocycles. The molecule has 138 valence electrons. The molecule has 0 aliphatic heterocycles. The van der Waals surface area contributed by atoms with Gasteiger partial charge in [-0.1, -0.05) is 6.07 Å². The summed E-state index contributed by atoms with van der Waals surface area (Å²) in [5.74, 6) is 0.388. The summed E-state index contributed by atoms with van der Waals surface area (Å²) in [4.78, 5) is 30.7. The molecule has 8 heteroatoms. The van der Waals surface area contributed by atoms with E-state index in [0.29, 0.717) is 11.3 Å². The number of nitrogens with one attached hydrogen (secondary N) is 1. The van der Waals surface area contributed by atoms with Crippen molar-refractivity contribution in [3.63, 3.8) is 0 Å². The van der Waals surface area contributed by atoms with E-state index >= 15 is 0 Å². The Kier molecular flexibility index (Phi) is 4.27. The molecule has 1 N–H and O–H groups in total. The van der Waals surface area contributed by atoms with Crippen LogP contribution in [0.4, 0.5) is 0 Å². The van der Waals surface area contributed by atoms with Crippen LogP contribution in [0, 0.1) is 13.8 Å². The van der Waals surface area contributed by atoms with Crippen LogP contribution in [0.15, 0.2) is 41.3 Å². The van der Waals surface area contributed by atoms with Gasteiger partial charge >= 0.3 is 0 Å². The lowest BCUT2D eigenvalue weighted by Gasteiger charge is -2.14. The third kappa shape index (κ3) is 3.12. The summed E-state index contributed by atoms with van der Waals surface area (Å²) in [6.45, 7) is 5.59. The predicted octanol–water partition coefficient (Wildman–Crippen LogP) is 2.60. The first-order chi connectivity index (χ1) is 12.9. The lowest BCUT2D eigenvalue weighted by Crippen LogP contribution is -2.36. The van der Waals surface area contributed by atoms with Gasteiger partial charge in [-0.15, -0.1) is 11.3 Å². The van der Waals surface area contributed by atoms with Gasteiger partial charge in [0.1, 0.15) is 17.9 Å². The van der Waals surface area contributed by atoms with Crippen LogP contribution < -0.4 is 10.9 Å². The first-order valence-corrected chi connectivity index (χ1v) is 9.45. The molecule has 7 nitrogen and oxygen atoms in total. The highest BCUT2D eigenvalue weighted by Crippen LogP contribution is 2.27. The molecule has 0 aliphatic carbocycles. The zero-order chi connectivity index (χ0) is 19.1. The fourth-order valence-electron chi connectivity index (χ4n) is 3.25. The minimum Gasteiger partial charge on any atom is -0.346 e. The van der Waals surface area contributed by atoms with E-state index in [1.807, 2.05) is 55.5 Å². The van der Waals surface area contributed by atoms with Crippen molar-refractivity contribution in [3.8, 4) is 0 Å². The zero-order valence-corrected chi connectivity index (χ0v) is 16.1. The van der Waals surface area contributed by atoms with E-state index in [9.17, 15) is 9.59 Å². The average molecular weight is 381 g/mol. The van der Waals surface area contributed by atoms with E-state index in [-0.39, 0.29) is 24.1 Å². The van der Waals surface area contributed by atoms with Crippen LogP contribution in [0.25, 0.3) is 15.7 Å². The number of carbonyl (C=O) groups excluding carboxylic acids is 1. The van der Waals surface area contributed by atoms with Gasteiger partial charge in [-0.05, 0) is 45.0 Å². The van der Waals surface area contributed by atoms with Gasteiger partial charge in [0.05, 0.1) is 22.0 Å². The molecule has 4 aromatic heterocycles. The summed E-state index contributed by atoms with van der Waals surface area (Å²) in [6.07, 6.45) is 1.68. The Morgan fingerprint density at radius 2 is 2.07 bits per heavy atom. The van der Waals surface area contributed by atoms with Crippen molar-refractivity contribution in [1.29, 1.82) is 0 Å². The van der Waals surface area contributed by atoms with Crippen molar-refractivity contribution in [3.05, 3.63) is 63.3 Å². The van der Waals surface area contributed by atoms with Gasteiger partial charge in [0.2, 0.25) is 5.91 Å². The molecular weight excluding hydrogens is 362 g/mol. The van der Waals surface area contributed by atoms with E-state index in [2.05, 4.69) is 15.4 Å². The second kappa shape index (κ2) is 6.62. The highest BCUT2D eigenvalue weighted by molar-refractivity contribution is 7.19. The van der Waals surface area contributed by atoms with Crippen LogP contribution in [0.3, 0.4) is 0 Å². The molecule has 0 saturated heterocycles. The third-order valence-electron chi connectivity index (χ3n) is 4.46. The maximum Gasteiger partial charge on any atom is 0.291 e. The van der Waals surface area contributed by atoms with Crippen LogP contribution in [-0.4, -0.2) is 25.1 Å². The molecule has 0 bridgehead atoms. The predicted molar refractivity (Wildman–Crippen MR) is 105 cm³/mol. The summed E-state index contributed by atoms with van der Waals surface area (Å²) in [5.41, 5.74) is 2.01. The first kappa shape index (κ1) is 17.4. The Morgan fingerprint density at radius 3 is 2.81 bits per heavy atom. The molecule has 1 atom stereocenters. The number of amides is 1. The summed E-state index contributed by atoms with van der Waals surface area (Å²) in [5, 5.41) is 7.21. The third-order valence-corrected chi connectivity index (χ3v) is 5.44. The van der Waals surface area contributed by atoms with Gasteiger partial charge < -0.3 is 5.32 Å². The lowest BCUT2D eigenvalue weighted by molar-refractivity contribution is -0.122. The summed E-state index contributed by atoms with van der Waals surface area (Å²) in [6, 6.07) is 9.21. The molecule has 0 radical (unpaired) electrons. The number of carbonyl (C=O) groups is 1. The SMILES string of the molecule is Cc1cc2c(cc3c(=O)n(CC(=O)N[C@@H](C)c4ccccn4)nc(C)n32)s1. The molecule has 0 unspecified atom stereocenters. The molecule has 0 spiro atoms. The molecule has 0 saturated carbocycles. The number of rotatable bonds is 4. The first-order valence-electron chi connectivity index (χ1n) is 8.63. The molecule has 0 aliphatic rings. The molecule has 4 heterocycles. The summed E-state index contributed by atoms with van der Waals surface area (Å²) in [7, 11) is 0. The van der Waals surface area contributed by atoms with Crippen molar-refractivity contribution in [1.82, 2.24) is 24.5 Å². The molecule has 4 aromatic rings. The number of thiophene rings is 1. The summed E-state index contributed by atoms with van der Waals surface area (Å²) < 4.78 is 4.12. The number of hydrogen-bond donors (Lipinski definition) is 1. The van der Waals surface area contributed by atoms with Crippen LogP contribution in [0.1, 0.15) is 29.4 Å². The molecule has 4 rings (SSSR count). The number of aromatic nitrogens is 4.